The van der Waals surface area contributed by atoms with Crippen LogP contribution in [0.15, 0.2) is 45.5 Å². The molecule has 0 aliphatic rings. The Kier molecular flexibility index (Phi) is 5.55. The summed E-state index contributed by atoms with van der Waals surface area (Å²) in [7, 11) is 0. The first-order valence-electron chi connectivity index (χ1n) is 6.28. The van der Waals surface area contributed by atoms with Gasteiger partial charge in [-0.05, 0) is 67.6 Å². The summed E-state index contributed by atoms with van der Waals surface area (Å²) >= 11 is 6.99. The van der Waals surface area contributed by atoms with Crippen LogP contribution >= 0.6 is 31.9 Å². The minimum absolute atomic E-state index is 0.803. The molecule has 0 aliphatic heterocycles. The summed E-state index contributed by atoms with van der Waals surface area (Å²) in [6.45, 7) is 3.80. The van der Waals surface area contributed by atoms with Crippen LogP contribution in [0.25, 0.3) is 0 Å². The van der Waals surface area contributed by atoms with Crippen LogP contribution < -0.4 is 5.32 Å². The zero-order valence-electron chi connectivity index (χ0n) is 10.8. The van der Waals surface area contributed by atoms with E-state index in [1.54, 1.807) is 0 Å². The van der Waals surface area contributed by atoms with Crippen LogP contribution in [0.4, 0.5) is 0 Å². The second kappa shape index (κ2) is 7.17. The number of hydrogen-bond donors (Lipinski definition) is 1. The number of aryl methyl sites for hydroxylation is 1. The van der Waals surface area contributed by atoms with E-state index in [2.05, 4.69) is 73.3 Å². The van der Waals surface area contributed by atoms with Crippen molar-refractivity contribution in [3.63, 3.8) is 0 Å². The van der Waals surface area contributed by atoms with E-state index in [1.807, 2.05) is 12.3 Å². The maximum atomic E-state index is 4.43. The highest BCUT2D eigenvalue weighted by atomic mass is 79.9. The fourth-order valence-electron chi connectivity index (χ4n) is 1.93. The lowest BCUT2D eigenvalue weighted by atomic mass is 10.1. The molecule has 0 amide bonds. The molecule has 2 aromatic rings. The fraction of sp³-hybridized carbons (Fsp3) is 0.267. The van der Waals surface area contributed by atoms with Gasteiger partial charge in [-0.15, -0.1) is 0 Å². The number of aromatic nitrogens is 1. The van der Waals surface area contributed by atoms with Crippen LogP contribution in [0, 0.1) is 0 Å². The average Bonchev–Trinajstić information content (AvgIpc) is 2.43. The molecule has 1 aromatic heterocycles. The Balaban J connectivity index is 1.94. The van der Waals surface area contributed by atoms with Gasteiger partial charge in [0.15, 0.2) is 0 Å². The first-order chi connectivity index (χ1) is 9.20. The SMILES string of the molecule is CCc1cccnc1CNCc1ccc(Br)c(Br)c1. The normalized spacial score (nSPS) is 10.7. The third-order valence-electron chi connectivity index (χ3n) is 2.97. The molecule has 0 saturated heterocycles. The molecule has 19 heavy (non-hydrogen) atoms. The highest BCUT2D eigenvalue weighted by Gasteiger charge is 2.02. The van der Waals surface area contributed by atoms with E-state index in [0.29, 0.717) is 0 Å². The number of hydrogen-bond acceptors (Lipinski definition) is 2. The van der Waals surface area contributed by atoms with Crippen LogP contribution in [-0.2, 0) is 19.5 Å². The molecule has 4 heteroatoms. The molecule has 0 saturated carbocycles. The molecule has 0 fully saturated rings. The Morgan fingerprint density at radius 2 is 1.95 bits per heavy atom. The average molecular weight is 384 g/mol. The second-order valence-corrected chi connectivity index (χ2v) is 6.02. The molecule has 0 spiro atoms. The van der Waals surface area contributed by atoms with Crippen molar-refractivity contribution in [1.29, 1.82) is 0 Å². The largest absolute Gasteiger partial charge is 0.307 e. The lowest BCUT2D eigenvalue weighted by molar-refractivity contribution is 0.673. The first-order valence-corrected chi connectivity index (χ1v) is 7.86. The molecular formula is C15H16Br2N2. The van der Waals surface area contributed by atoms with Crippen molar-refractivity contribution in [1.82, 2.24) is 10.3 Å². The van der Waals surface area contributed by atoms with Crippen LogP contribution in [0.1, 0.15) is 23.7 Å². The van der Waals surface area contributed by atoms with Gasteiger partial charge in [-0.1, -0.05) is 19.1 Å². The lowest BCUT2D eigenvalue weighted by Crippen LogP contribution is -2.15. The molecule has 0 atom stereocenters. The molecule has 0 aliphatic carbocycles. The number of nitrogens with zero attached hydrogens (tertiary/aromatic N) is 1. The van der Waals surface area contributed by atoms with Gasteiger partial charge in [0.1, 0.15) is 0 Å². The predicted molar refractivity (Wildman–Crippen MR) is 86.0 cm³/mol. The van der Waals surface area contributed by atoms with Gasteiger partial charge in [0.2, 0.25) is 0 Å². The zero-order chi connectivity index (χ0) is 13.7. The minimum atomic E-state index is 0.803. The van der Waals surface area contributed by atoms with E-state index < -0.39 is 0 Å². The number of pyridine rings is 1. The Labute approximate surface area is 130 Å². The van der Waals surface area contributed by atoms with Gasteiger partial charge in [-0.25, -0.2) is 0 Å². The van der Waals surface area contributed by atoms with Gasteiger partial charge in [-0.3, -0.25) is 4.98 Å². The first kappa shape index (κ1) is 14.7. The van der Waals surface area contributed by atoms with Crippen molar-refractivity contribution in [2.24, 2.45) is 0 Å². The molecule has 2 rings (SSSR count). The van der Waals surface area contributed by atoms with Crippen LogP contribution in [0.3, 0.4) is 0 Å². The summed E-state index contributed by atoms with van der Waals surface area (Å²) in [5.74, 6) is 0. The highest BCUT2D eigenvalue weighted by molar-refractivity contribution is 9.13. The van der Waals surface area contributed by atoms with Crippen LogP contribution in [-0.4, -0.2) is 4.98 Å². The molecular weight excluding hydrogens is 368 g/mol. The molecule has 1 heterocycles. The molecule has 100 valence electrons. The topological polar surface area (TPSA) is 24.9 Å². The summed E-state index contributed by atoms with van der Waals surface area (Å²) in [4.78, 5) is 4.43. The fourth-order valence-corrected chi connectivity index (χ4v) is 2.60. The van der Waals surface area contributed by atoms with Crippen molar-refractivity contribution in [3.8, 4) is 0 Å². The van der Waals surface area contributed by atoms with Crippen molar-refractivity contribution in [3.05, 3.63) is 62.3 Å². The number of benzene rings is 1. The number of halogens is 2. The van der Waals surface area contributed by atoms with E-state index >= 15 is 0 Å². The van der Waals surface area contributed by atoms with Crippen molar-refractivity contribution in [2.75, 3.05) is 0 Å². The van der Waals surface area contributed by atoms with Crippen molar-refractivity contribution >= 4 is 31.9 Å². The molecule has 1 N–H and O–H groups in total. The quantitative estimate of drug-likeness (QED) is 0.824. The van der Waals surface area contributed by atoms with E-state index in [-0.39, 0.29) is 0 Å². The number of rotatable bonds is 5. The summed E-state index contributed by atoms with van der Waals surface area (Å²) in [5, 5.41) is 3.44. The Morgan fingerprint density at radius 3 is 2.68 bits per heavy atom. The van der Waals surface area contributed by atoms with Gasteiger partial charge >= 0.3 is 0 Å². The minimum Gasteiger partial charge on any atom is -0.307 e. The van der Waals surface area contributed by atoms with Gasteiger partial charge in [0, 0.05) is 28.2 Å². The van der Waals surface area contributed by atoms with Gasteiger partial charge < -0.3 is 5.32 Å². The van der Waals surface area contributed by atoms with Crippen molar-refractivity contribution < 1.29 is 0 Å². The molecule has 0 radical (unpaired) electrons. The van der Waals surface area contributed by atoms with Gasteiger partial charge in [0.25, 0.3) is 0 Å². The molecule has 2 nitrogen and oxygen atoms in total. The van der Waals surface area contributed by atoms with Gasteiger partial charge in [-0.2, -0.15) is 0 Å². The standard InChI is InChI=1S/C15H16Br2N2/c1-2-12-4-3-7-19-15(12)10-18-9-11-5-6-13(16)14(17)8-11/h3-8,18H,2,9-10H2,1H3. The summed E-state index contributed by atoms with van der Waals surface area (Å²) < 4.78 is 2.16. The van der Waals surface area contributed by atoms with Crippen molar-refractivity contribution in [2.45, 2.75) is 26.4 Å². The maximum absolute atomic E-state index is 4.43. The summed E-state index contributed by atoms with van der Waals surface area (Å²) in [6, 6.07) is 10.4. The second-order valence-electron chi connectivity index (χ2n) is 4.31. The molecule has 0 unspecified atom stereocenters. The third kappa shape index (κ3) is 4.13. The number of nitrogens with one attached hydrogen (secondary N) is 1. The van der Waals surface area contributed by atoms with E-state index in [4.69, 9.17) is 0 Å². The third-order valence-corrected chi connectivity index (χ3v) is 4.85. The van der Waals surface area contributed by atoms with Crippen LogP contribution in [0.5, 0.6) is 0 Å². The van der Waals surface area contributed by atoms with Crippen LogP contribution in [0.2, 0.25) is 0 Å². The Morgan fingerprint density at radius 1 is 1.11 bits per heavy atom. The Hall–Kier alpha value is -0.710. The maximum Gasteiger partial charge on any atom is 0.0573 e. The smallest absolute Gasteiger partial charge is 0.0573 e. The van der Waals surface area contributed by atoms with E-state index in [0.717, 1.165) is 34.1 Å². The summed E-state index contributed by atoms with van der Waals surface area (Å²) in [6.07, 6.45) is 2.88. The summed E-state index contributed by atoms with van der Waals surface area (Å²) in [5.41, 5.74) is 3.71. The zero-order valence-corrected chi connectivity index (χ0v) is 14.0. The van der Waals surface area contributed by atoms with E-state index in [9.17, 15) is 0 Å². The van der Waals surface area contributed by atoms with Gasteiger partial charge in [0.05, 0.1) is 5.69 Å². The van der Waals surface area contributed by atoms with E-state index in [1.165, 1.54) is 11.1 Å². The Bertz CT molecular complexity index is 556. The molecule has 0 bridgehead atoms. The molecule has 1 aromatic carbocycles. The highest BCUT2D eigenvalue weighted by Crippen LogP contribution is 2.23. The lowest BCUT2D eigenvalue weighted by Gasteiger charge is -2.09. The monoisotopic (exact) mass is 382 g/mol. The predicted octanol–water partition coefficient (Wildman–Crippen LogP) is 4.46.